The summed E-state index contributed by atoms with van der Waals surface area (Å²) in [6.07, 6.45) is -1.12. The molecule has 0 saturated carbocycles. The number of carbonyl (C=O) groups excluding carboxylic acids is 2. The van der Waals surface area contributed by atoms with Gasteiger partial charge in [0.05, 0.1) is 23.7 Å². The van der Waals surface area contributed by atoms with E-state index < -0.39 is 22.9 Å². The largest absolute Gasteiger partial charge is 0.490 e. The van der Waals surface area contributed by atoms with E-state index in [1.54, 1.807) is 13.0 Å². The maximum absolute atomic E-state index is 12.4. The summed E-state index contributed by atoms with van der Waals surface area (Å²) in [6, 6.07) is 10.1. The predicted octanol–water partition coefficient (Wildman–Crippen LogP) is 3.58. The molecule has 0 aromatic heterocycles. The van der Waals surface area contributed by atoms with E-state index in [1.165, 1.54) is 43.3 Å². The van der Waals surface area contributed by atoms with E-state index in [0.29, 0.717) is 24.7 Å². The van der Waals surface area contributed by atoms with Crippen LogP contribution in [0.25, 0.3) is 0 Å². The summed E-state index contributed by atoms with van der Waals surface area (Å²) in [7, 11) is 0. The second kappa shape index (κ2) is 10.1. The van der Waals surface area contributed by atoms with Crippen molar-refractivity contribution < 1.29 is 28.7 Å². The maximum atomic E-state index is 12.4. The standard InChI is InChI=1S/C20H22N2O7/c1-4-27-17-10-9-14(11-18(17)28-5-2)20(24)29-13(3)19(23)21-15-7-6-8-16(12-15)22(25)26/h6-13H,4-5H2,1-3H3,(H,21,23)/t13-/m0/s1. The van der Waals surface area contributed by atoms with Crippen LogP contribution >= 0.6 is 0 Å². The van der Waals surface area contributed by atoms with Gasteiger partial charge in [-0.25, -0.2) is 4.79 Å². The van der Waals surface area contributed by atoms with Gasteiger partial charge in [0.25, 0.3) is 11.6 Å². The van der Waals surface area contributed by atoms with Gasteiger partial charge in [0, 0.05) is 17.8 Å². The van der Waals surface area contributed by atoms with Gasteiger partial charge in [-0.2, -0.15) is 0 Å². The maximum Gasteiger partial charge on any atom is 0.339 e. The molecule has 0 spiro atoms. The Morgan fingerprint density at radius 1 is 1.07 bits per heavy atom. The molecule has 0 radical (unpaired) electrons. The Hall–Kier alpha value is -3.62. The normalized spacial score (nSPS) is 11.3. The Kier molecular flexibility index (Phi) is 7.53. The summed E-state index contributed by atoms with van der Waals surface area (Å²) in [5.74, 6) is -0.426. The molecule has 1 N–H and O–H groups in total. The summed E-state index contributed by atoms with van der Waals surface area (Å²) >= 11 is 0. The van der Waals surface area contributed by atoms with Crippen molar-refractivity contribution in [3.63, 3.8) is 0 Å². The van der Waals surface area contributed by atoms with Gasteiger partial charge in [-0.1, -0.05) is 6.07 Å². The second-order valence-electron chi connectivity index (χ2n) is 5.87. The number of benzene rings is 2. The van der Waals surface area contributed by atoms with Gasteiger partial charge in [-0.15, -0.1) is 0 Å². The van der Waals surface area contributed by atoms with Crippen molar-refractivity contribution in [2.24, 2.45) is 0 Å². The molecular formula is C20H22N2O7. The number of nitrogens with one attached hydrogen (secondary N) is 1. The molecule has 0 aliphatic rings. The number of nitro benzene ring substituents is 1. The third kappa shape index (κ3) is 5.93. The number of nitro groups is 1. The molecule has 2 rings (SSSR count). The van der Waals surface area contributed by atoms with Crippen molar-refractivity contribution >= 4 is 23.3 Å². The van der Waals surface area contributed by atoms with Gasteiger partial charge >= 0.3 is 5.97 Å². The van der Waals surface area contributed by atoms with Crippen LogP contribution in [0.3, 0.4) is 0 Å². The number of hydrogen-bond acceptors (Lipinski definition) is 7. The zero-order chi connectivity index (χ0) is 21.4. The fourth-order valence-corrected chi connectivity index (χ4v) is 2.40. The van der Waals surface area contributed by atoms with Crippen LogP contribution in [-0.4, -0.2) is 36.1 Å². The smallest absolute Gasteiger partial charge is 0.339 e. The van der Waals surface area contributed by atoms with Gasteiger partial charge in [0.2, 0.25) is 0 Å². The summed E-state index contributed by atoms with van der Waals surface area (Å²) in [5, 5.41) is 13.3. The van der Waals surface area contributed by atoms with Crippen molar-refractivity contribution in [3.05, 3.63) is 58.1 Å². The summed E-state index contributed by atoms with van der Waals surface area (Å²) in [4.78, 5) is 34.9. The minimum atomic E-state index is -1.12. The van der Waals surface area contributed by atoms with Crippen LogP contribution < -0.4 is 14.8 Å². The van der Waals surface area contributed by atoms with Crippen LogP contribution in [0.1, 0.15) is 31.1 Å². The van der Waals surface area contributed by atoms with E-state index in [9.17, 15) is 19.7 Å². The van der Waals surface area contributed by atoms with E-state index in [2.05, 4.69) is 5.32 Å². The monoisotopic (exact) mass is 402 g/mol. The van der Waals surface area contributed by atoms with Crippen molar-refractivity contribution in [1.29, 1.82) is 0 Å². The lowest BCUT2D eigenvalue weighted by atomic mass is 10.2. The van der Waals surface area contributed by atoms with E-state index in [0.717, 1.165) is 0 Å². The van der Waals surface area contributed by atoms with E-state index in [-0.39, 0.29) is 16.9 Å². The van der Waals surface area contributed by atoms with Crippen molar-refractivity contribution in [1.82, 2.24) is 0 Å². The first kappa shape index (κ1) is 21.7. The lowest BCUT2D eigenvalue weighted by Crippen LogP contribution is -2.30. The Bertz CT molecular complexity index is 898. The third-order valence-electron chi connectivity index (χ3n) is 3.76. The average molecular weight is 402 g/mol. The second-order valence-corrected chi connectivity index (χ2v) is 5.87. The molecule has 2 aromatic carbocycles. The molecule has 1 atom stereocenters. The highest BCUT2D eigenvalue weighted by Crippen LogP contribution is 2.29. The lowest BCUT2D eigenvalue weighted by Gasteiger charge is -2.15. The van der Waals surface area contributed by atoms with Gasteiger partial charge in [0.15, 0.2) is 17.6 Å². The van der Waals surface area contributed by atoms with Crippen LogP contribution in [0.5, 0.6) is 11.5 Å². The molecule has 29 heavy (non-hydrogen) atoms. The fraction of sp³-hybridized carbons (Fsp3) is 0.300. The fourth-order valence-electron chi connectivity index (χ4n) is 2.40. The number of ether oxygens (including phenoxy) is 3. The molecule has 0 heterocycles. The van der Waals surface area contributed by atoms with E-state index in [1.807, 2.05) is 6.92 Å². The molecule has 154 valence electrons. The van der Waals surface area contributed by atoms with Crippen molar-refractivity contribution in [3.8, 4) is 11.5 Å². The first-order valence-electron chi connectivity index (χ1n) is 9.01. The number of non-ortho nitro benzene ring substituents is 1. The van der Waals surface area contributed by atoms with Gasteiger partial charge in [-0.3, -0.25) is 14.9 Å². The van der Waals surface area contributed by atoms with Crippen LogP contribution in [0.15, 0.2) is 42.5 Å². The lowest BCUT2D eigenvalue weighted by molar-refractivity contribution is -0.384. The van der Waals surface area contributed by atoms with Crippen LogP contribution in [0.2, 0.25) is 0 Å². The van der Waals surface area contributed by atoms with E-state index >= 15 is 0 Å². The van der Waals surface area contributed by atoms with E-state index in [4.69, 9.17) is 14.2 Å². The Morgan fingerprint density at radius 2 is 1.76 bits per heavy atom. The van der Waals surface area contributed by atoms with Crippen LogP contribution in [0, 0.1) is 10.1 Å². The quantitative estimate of drug-likeness (QED) is 0.387. The Balaban J connectivity index is 2.05. The van der Waals surface area contributed by atoms with Crippen LogP contribution in [0.4, 0.5) is 11.4 Å². The van der Waals surface area contributed by atoms with Gasteiger partial charge in [-0.05, 0) is 45.0 Å². The summed E-state index contributed by atoms with van der Waals surface area (Å²) in [5.41, 5.74) is 0.268. The SMILES string of the molecule is CCOc1ccc(C(=O)O[C@@H](C)C(=O)Nc2cccc([N+](=O)[O-])c2)cc1OCC. The number of esters is 1. The minimum Gasteiger partial charge on any atom is -0.490 e. The molecule has 1 amide bonds. The number of carbonyl (C=O) groups is 2. The number of anilines is 1. The molecule has 0 aliphatic carbocycles. The molecule has 0 unspecified atom stereocenters. The number of hydrogen-bond donors (Lipinski definition) is 1. The Labute approximate surface area is 167 Å². The highest BCUT2D eigenvalue weighted by molar-refractivity contribution is 5.97. The molecule has 0 saturated heterocycles. The Morgan fingerprint density at radius 3 is 2.41 bits per heavy atom. The highest BCUT2D eigenvalue weighted by Gasteiger charge is 2.21. The summed E-state index contributed by atoms with van der Waals surface area (Å²) in [6.45, 7) is 5.88. The van der Waals surface area contributed by atoms with Crippen molar-refractivity contribution in [2.75, 3.05) is 18.5 Å². The summed E-state index contributed by atoms with van der Waals surface area (Å²) < 4.78 is 16.1. The topological polar surface area (TPSA) is 117 Å². The first-order chi connectivity index (χ1) is 13.8. The first-order valence-corrected chi connectivity index (χ1v) is 9.01. The van der Waals surface area contributed by atoms with Gasteiger partial charge < -0.3 is 19.5 Å². The molecule has 0 aliphatic heterocycles. The highest BCUT2D eigenvalue weighted by atomic mass is 16.6. The van der Waals surface area contributed by atoms with Gasteiger partial charge in [0.1, 0.15) is 0 Å². The molecule has 9 nitrogen and oxygen atoms in total. The predicted molar refractivity (Wildman–Crippen MR) is 105 cm³/mol. The minimum absolute atomic E-state index is 0.162. The molecule has 0 bridgehead atoms. The molecular weight excluding hydrogens is 380 g/mol. The molecule has 2 aromatic rings. The van der Waals surface area contributed by atoms with Crippen LogP contribution in [-0.2, 0) is 9.53 Å². The average Bonchev–Trinajstić information content (AvgIpc) is 2.69. The molecule has 9 heteroatoms. The number of nitrogens with zero attached hydrogens (tertiary/aromatic N) is 1. The zero-order valence-corrected chi connectivity index (χ0v) is 16.3. The number of amides is 1. The van der Waals surface area contributed by atoms with Crippen molar-refractivity contribution in [2.45, 2.75) is 26.9 Å². The third-order valence-corrected chi connectivity index (χ3v) is 3.76. The molecule has 0 fully saturated rings. The number of rotatable bonds is 9. The zero-order valence-electron chi connectivity index (χ0n) is 16.3.